The summed E-state index contributed by atoms with van der Waals surface area (Å²) in [6.07, 6.45) is 4.85. The molecule has 1 amide bonds. The van der Waals surface area contributed by atoms with E-state index in [1.54, 1.807) is 12.3 Å². The zero-order valence-corrected chi connectivity index (χ0v) is 10.8. The third-order valence-corrected chi connectivity index (χ3v) is 2.75. The molecule has 0 aromatic heterocycles. The predicted molar refractivity (Wildman–Crippen MR) is 69.6 cm³/mol. The summed E-state index contributed by atoms with van der Waals surface area (Å²) in [7, 11) is 0. The highest BCUT2D eigenvalue weighted by Gasteiger charge is 2.06. The van der Waals surface area contributed by atoms with Gasteiger partial charge in [-0.2, -0.15) is 5.10 Å². The van der Waals surface area contributed by atoms with Crippen molar-refractivity contribution in [2.45, 2.75) is 26.2 Å². The van der Waals surface area contributed by atoms with Crippen LogP contribution in [0.15, 0.2) is 33.8 Å². The molecule has 1 N–H and O–H groups in total. The summed E-state index contributed by atoms with van der Waals surface area (Å²) in [6.45, 7) is 2.12. The van der Waals surface area contributed by atoms with Gasteiger partial charge in [-0.15, -0.1) is 0 Å². The second kappa shape index (κ2) is 7.17. The fourth-order valence-corrected chi connectivity index (χ4v) is 1.63. The number of nitrogens with one attached hydrogen (secondary N) is 1. The number of rotatable bonds is 5. The third kappa shape index (κ3) is 4.14. The van der Waals surface area contributed by atoms with Gasteiger partial charge in [0.25, 0.3) is 5.91 Å². The van der Waals surface area contributed by atoms with E-state index in [1.165, 1.54) is 0 Å². The van der Waals surface area contributed by atoms with Crippen molar-refractivity contribution in [3.8, 4) is 0 Å². The number of carbonyl (C=O) groups is 1. The Labute approximate surface area is 104 Å². The van der Waals surface area contributed by atoms with Crippen molar-refractivity contribution >= 4 is 28.1 Å². The highest BCUT2D eigenvalue weighted by Crippen LogP contribution is 2.15. The number of benzene rings is 1. The Morgan fingerprint density at radius 1 is 1.50 bits per heavy atom. The van der Waals surface area contributed by atoms with E-state index in [-0.39, 0.29) is 5.91 Å². The molecular formula is C12H15BrN2O. The molecule has 0 aliphatic heterocycles. The van der Waals surface area contributed by atoms with E-state index in [4.69, 9.17) is 0 Å². The van der Waals surface area contributed by atoms with Crippen LogP contribution in [0.3, 0.4) is 0 Å². The molecule has 0 fully saturated rings. The highest BCUT2D eigenvalue weighted by atomic mass is 79.9. The maximum absolute atomic E-state index is 11.6. The Morgan fingerprint density at radius 2 is 2.25 bits per heavy atom. The maximum Gasteiger partial charge on any atom is 0.272 e. The Kier molecular flexibility index (Phi) is 5.78. The van der Waals surface area contributed by atoms with Crippen molar-refractivity contribution < 1.29 is 4.79 Å². The van der Waals surface area contributed by atoms with Crippen LogP contribution in [-0.2, 0) is 0 Å². The number of unbranched alkanes of at least 4 members (excludes halogenated alkanes) is 2. The van der Waals surface area contributed by atoms with Crippen LogP contribution in [-0.4, -0.2) is 12.1 Å². The standard InChI is InChI=1S/C12H15BrN2O/c1-2-3-6-9-14-15-12(16)10-7-4-5-8-11(10)13/h4-5,7-9H,2-3,6H2,1H3,(H,15,16)/b14-9-. The lowest BCUT2D eigenvalue weighted by Gasteiger charge is -2.01. The van der Waals surface area contributed by atoms with E-state index in [0.717, 1.165) is 23.7 Å². The van der Waals surface area contributed by atoms with Crippen molar-refractivity contribution in [2.24, 2.45) is 5.10 Å². The van der Waals surface area contributed by atoms with E-state index >= 15 is 0 Å². The minimum Gasteiger partial charge on any atom is -0.267 e. The van der Waals surface area contributed by atoms with Gasteiger partial charge in [0.15, 0.2) is 0 Å². The van der Waals surface area contributed by atoms with Gasteiger partial charge in [0, 0.05) is 10.7 Å². The van der Waals surface area contributed by atoms with Crippen LogP contribution in [0.25, 0.3) is 0 Å². The van der Waals surface area contributed by atoms with Crippen LogP contribution in [0.2, 0.25) is 0 Å². The molecule has 1 aromatic rings. The molecule has 1 rings (SSSR count). The number of amides is 1. The van der Waals surface area contributed by atoms with Gasteiger partial charge in [0.1, 0.15) is 0 Å². The number of hydrazone groups is 1. The number of halogens is 1. The first kappa shape index (κ1) is 12.9. The molecule has 0 saturated heterocycles. The van der Waals surface area contributed by atoms with Crippen LogP contribution in [0.4, 0.5) is 0 Å². The molecular weight excluding hydrogens is 268 g/mol. The van der Waals surface area contributed by atoms with Crippen LogP contribution in [0.1, 0.15) is 36.5 Å². The second-order valence-corrected chi connectivity index (χ2v) is 4.23. The lowest BCUT2D eigenvalue weighted by Crippen LogP contribution is -2.17. The lowest BCUT2D eigenvalue weighted by molar-refractivity contribution is 0.0954. The van der Waals surface area contributed by atoms with Gasteiger partial charge in [0.05, 0.1) is 5.56 Å². The predicted octanol–water partition coefficient (Wildman–Crippen LogP) is 3.35. The zero-order valence-electron chi connectivity index (χ0n) is 9.24. The largest absolute Gasteiger partial charge is 0.272 e. The van der Waals surface area contributed by atoms with Gasteiger partial charge < -0.3 is 0 Å². The Balaban J connectivity index is 2.47. The summed E-state index contributed by atoms with van der Waals surface area (Å²) in [4.78, 5) is 11.6. The number of carbonyl (C=O) groups excluding carboxylic acids is 1. The summed E-state index contributed by atoms with van der Waals surface area (Å²) < 4.78 is 0.774. The van der Waals surface area contributed by atoms with Gasteiger partial charge in [-0.1, -0.05) is 25.5 Å². The topological polar surface area (TPSA) is 41.5 Å². The smallest absolute Gasteiger partial charge is 0.267 e. The first-order valence-electron chi connectivity index (χ1n) is 5.32. The molecule has 4 heteroatoms. The van der Waals surface area contributed by atoms with Gasteiger partial charge >= 0.3 is 0 Å². The fraction of sp³-hybridized carbons (Fsp3) is 0.333. The molecule has 0 spiro atoms. The summed E-state index contributed by atoms with van der Waals surface area (Å²) >= 11 is 3.32. The number of hydrogen-bond donors (Lipinski definition) is 1. The second-order valence-electron chi connectivity index (χ2n) is 3.37. The molecule has 0 atom stereocenters. The van der Waals surface area contributed by atoms with Crippen LogP contribution >= 0.6 is 15.9 Å². The van der Waals surface area contributed by atoms with Crippen LogP contribution in [0, 0.1) is 0 Å². The van der Waals surface area contributed by atoms with E-state index in [0.29, 0.717) is 5.56 Å². The molecule has 0 bridgehead atoms. The SMILES string of the molecule is CCCC/C=N\NC(=O)c1ccccc1Br. The minimum absolute atomic E-state index is 0.194. The van der Waals surface area contributed by atoms with E-state index in [9.17, 15) is 4.79 Å². The molecule has 86 valence electrons. The molecule has 0 saturated carbocycles. The van der Waals surface area contributed by atoms with E-state index in [1.807, 2.05) is 18.2 Å². The van der Waals surface area contributed by atoms with Crippen molar-refractivity contribution in [1.29, 1.82) is 0 Å². The Bertz CT molecular complexity index is 377. The van der Waals surface area contributed by atoms with Crippen molar-refractivity contribution in [1.82, 2.24) is 5.43 Å². The molecule has 3 nitrogen and oxygen atoms in total. The lowest BCUT2D eigenvalue weighted by atomic mass is 10.2. The van der Waals surface area contributed by atoms with E-state index < -0.39 is 0 Å². The average Bonchev–Trinajstić information content (AvgIpc) is 2.29. The van der Waals surface area contributed by atoms with Crippen molar-refractivity contribution in [3.63, 3.8) is 0 Å². The average molecular weight is 283 g/mol. The summed E-state index contributed by atoms with van der Waals surface area (Å²) in [5, 5.41) is 3.88. The molecule has 0 aliphatic carbocycles. The first-order chi connectivity index (χ1) is 7.75. The maximum atomic E-state index is 11.6. The van der Waals surface area contributed by atoms with E-state index in [2.05, 4.69) is 33.4 Å². The molecule has 0 radical (unpaired) electrons. The minimum atomic E-state index is -0.194. The van der Waals surface area contributed by atoms with Crippen LogP contribution < -0.4 is 5.43 Å². The van der Waals surface area contributed by atoms with Gasteiger partial charge in [-0.25, -0.2) is 5.43 Å². The normalized spacial score (nSPS) is 10.6. The van der Waals surface area contributed by atoms with Crippen LogP contribution in [0.5, 0.6) is 0 Å². The third-order valence-electron chi connectivity index (χ3n) is 2.06. The van der Waals surface area contributed by atoms with Crippen molar-refractivity contribution in [2.75, 3.05) is 0 Å². The Morgan fingerprint density at radius 3 is 2.94 bits per heavy atom. The highest BCUT2D eigenvalue weighted by molar-refractivity contribution is 9.10. The molecule has 0 heterocycles. The Hall–Kier alpha value is -1.16. The summed E-state index contributed by atoms with van der Waals surface area (Å²) in [5.74, 6) is -0.194. The van der Waals surface area contributed by atoms with Gasteiger partial charge in [-0.3, -0.25) is 4.79 Å². The fourth-order valence-electron chi connectivity index (χ4n) is 1.17. The van der Waals surface area contributed by atoms with Crippen molar-refractivity contribution in [3.05, 3.63) is 34.3 Å². The molecule has 0 unspecified atom stereocenters. The summed E-state index contributed by atoms with van der Waals surface area (Å²) in [6, 6.07) is 7.27. The monoisotopic (exact) mass is 282 g/mol. The number of nitrogens with zero attached hydrogens (tertiary/aromatic N) is 1. The molecule has 16 heavy (non-hydrogen) atoms. The molecule has 1 aromatic carbocycles. The zero-order chi connectivity index (χ0) is 11.8. The summed E-state index contributed by atoms with van der Waals surface area (Å²) in [5.41, 5.74) is 3.09. The first-order valence-corrected chi connectivity index (χ1v) is 6.11. The quantitative estimate of drug-likeness (QED) is 0.502. The van der Waals surface area contributed by atoms with Gasteiger partial charge in [-0.05, 0) is 40.9 Å². The number of hydrogen-bond acceptors (Lipinski definition) is 2. The molecule has 0 aliphatic rings. The van der Waals surface area contributed by atoms with Gasteiger partial charge in [0.2, 0.25) is 0 Å².